The van der Waals surface area contributed by atoms with Gasteiger partial charge in [0.25, 0.3) is 0 Å². The number of aliphatic hydroxyl groups excluding tert-OH is 2. The Morgan fingerprint density at radius 2 is 0.779 bits per heavy atom. The summed E-state index contributed by atoms with van der Waals surface area (Å²) >= 11 is 0. The van der Waals surface area contributed by atoms with E-state index in [9.17, 15) is 34.5 Å². The summed E-state index contributed by atoms with van der Waals surface area (Å²) in [6, 6.07) is 0. The fourth-order valence-corrected chi connectivity index (χ4v) is 10.0. The third-order valence-corrected chi connectivity index (χ3v) is 15.0. The van der Waals surface area contributed by atoms with E-state index in [2.05, 4.69) is 45.1 Å². The van der Waals surface area contributed by atoms with Gasteiger partial charge in [-0.25, -0.2) is 4.79 Å². The van der Waals surface area contributed by atoms with Crippen LogP contribution in [0.15, 0.2) is 24.3 Å². The molecule has 1 rings (SSSR count). The molecule has 12 heteroatoms. The van der Waals surface area contributed by atoms with E-state index in [1.807, 2.05) is 0 Å². The number of carbonyl (C=O) groups is 4. The maximum absolute atomic E-state index is 13.2. The lowest BCUT2D eigenvalue weighted by Crippen LogP contribution is -2.61. The van der Waals surface area contributed by atoms with Crippen LogP contribution in [0.2, 0.25) is 0 Å². The van der Waals surface area contributed by atoms with Crippen LogP contribution in [-0.4, -0.2) is 89.2 Å². The Hall–Kier alpha value is -2.80. The second-order valence-corrected chi connectivity index (χ2v) is 22.4. The third-order valence-electron chi connectivity index (χ3n) is 15.0. The van der Waals surface area contributed by atoms with Crippen LogP contribution >= 0.6 is 0 Å². The Morgan fingerprint density at radius 3 is 1.19 bits per heavy atom. The molecule has 6 unspecified atom stereocenters. The van der Waals surface area contributed by atoms with Gasteiger partial charge in [0.05, 0.1) is 6.61 Å². The van der Waals surface area contributed by atoms with Gasteiger partial charge < -0.3 is 39.0 Å². The first kappa shape index (κ1) is 72.2. The Kier molecular flexibility index (Phi) is 50.5. The highest BCUT2D eigenvalue weighted by Crippen LogP contribution is 2.27. The molecule has 0 saturated carbocycles. The minimum atomic E-state index is -1.90. The zero-order valence-electron chi connectivity index (χ0n) is 49.7. The number of carboxylic acid groups (broad SMARTS) is 1. The fourth-order valence-electron chi connectivity index (χ4n) is 10.0. The van der Waals surface area contributed by atoms with Gasteiger partial charge in [0.2, 0.25) is 0 Å². The number of hydrogen-bond donors (Lipinski definition) is 3. The summed E-state index contributed by atoms with van der Waals surface area (Å²) < 4.78 is 28.5. The maximum atomic E-state index is 13.2. The van der Waals surface area contributed by atoms with Gasteiger partial charge in [0.15, 0.2) is 24.6 Å². The summed E-state index contributed by atoms with van der Waals surface area (Å²) in [4.78, 5) is 51.2. The molecule has 0 spiro atoms. The van der Waals surface area contributed by atoms with E-state index in [1.54, 1.807) is 0 Å². The van der Waals surface area contributed by atoms with Crippen LogP contribution in [0.1, 0.15) is 316 Å². The average Bonchev–Trinajstić information content (AvgIpc) is 3.42. The molecule has 0 aromatic carbocycles. The molecule has 0 aromatic heterocycles. The number of esters is 3. The first-order valence-electron chi connectivity index (χ1n) is 32.3. The van der Waals surface area contributed by atoms with Crippen molar-refractivity contribution in [2.24, 2.45) is 0 Å². The zero-order chi connectivity index (χ0) is 56.1. The van der Waals surface area contributed by atoms with Crippen LogP contribution in [0.4, 0.5) is 0 Å². The van der Waals surface area contributed by atoms with Crippen molar-refractivity contribution in [2.45, 2.75) is 353 Å². The Balaban J connectivity index is 2.64. The Labute approximate surface area is 470 Å². The van der Waals surface area contributed by atoms with Gasteiger partial charge in [-0.05, 0) is 51.4 Å². The first-order valence-corrected chi connectivity index (χ1v) is 32.3. The monoisotopic (exact) mass is 1090 g/mol. The van der Waals surface area contributed by atoms with Crippen molar-refractivity contribution < 1.29 is 58.2 Å². The average molecular weight is 1090 g/mol. The number of carboxylic acids is 1. The van der Waals surface area contributed by atoms with Crippen LogP contribution in [0.3, 0.4) is 0 Å². The molecule has 1 aliphatic heterocycles. The molecule has 1 saturated heterocycles. The molecule has 77 heavy (non-hydrogen) atoms. The van der Waals surface area contributed by atoms with Crippen molar-refractivity contribution in [3.8, 4) is 0 Å². The van der Waals surface area contributed by atoms with Crippen molar-refractivity contribution in [2.75, 3.05) is 13.2 Å². The summed E-state index contributed by atoms with van der Waals surface area (Å²) in [5.41, 5.74) is 0. The smallest absolute Gasteiger partial charge is 0.335 e. The minimum Gasteiger partial charge on any atom is -0.479 e. The molecule has 0 radical (unpaired) electrons. The van der Waals surface area contributed by atoms with Crippen molar-refractivity contribution in [1.29, 1.82) is 0 Å². The van der Waals surface area contributed by atoms with Gasteiger partial charge in [-0.15, -0.1) is 0 Å². The number of ether oxygens (including phenoxy) is 5. The lowest BCUT2D eigenvalue weighted by atomic mass is 9.98. The zero-order valence-corrected chi connectivity index (χ0v) is 49.7. The molecule has 1 heterocycles. The van der Waals surface area contributed by atoms with E-state index >= 15 is 0 Å². The summed E-state index contributed by atoms with van der Waals surface area (Å²) in [5, 5.41) is 31.5. The summed E-state index contributed by atoms with van der Waals surface area (Å²) in [6.07, 6.45) is 49.9. The molecule has 6 atom stereocenters. The molecule has 3 N–H and O–H groups in total. The van der Waals surface area contributed by atoms with Gasteiger partial charge in [-0.2, -0.15) is 0 Å². The predicted octanol–water partition coefficient (Wildman–Crippen LogP) is 17.0. The van der Waals surface area contributed by atoms with Crippen LogP contribution in [-0.2, 0) is 42.9 Å². The highest BCUT2D eigenvalue weighted by Gasteiger charge is 2.50. The van der Waals surface area contributed by atoms with Crippen molar-refractivity contribution in [3.05, 3.63) is 24.3 Å². The molecule has 450 valence electrons. The van der Waals surface area contributed by atoms with E-state index in [1.165, 1.54) is 186 Å². The Bertz CT molecular complexity index is 1430. The second kappa shape index (κ2) is 53.8. The number of aliphatic carboxylic acids is 1. The van der Waals surface area contributed by atoms with Gasteiger partial charge in [0, 0.05) is 19.3 Å². The van der Waals surface area contributed by atoms with Crippen molar-refractivity contribution >= 4 is 23.9 Å². The van der Waals surface area contributed by atoms with Gasteiger partial charge in [-0.1, -0.05) is 270 Å². The van der Waals surface area contributed by atoms with Gasteiger partial charge in [-0.3, -0.25) is 14.4 Å². The number of carbonyl (C=O) groups excluding carboxylic acids is 3. The molecule has 1 aliphatic rings. The number of unbranched alkanes of at least 4 members (excludes halogenated alkanes) is 38. The third kappa shape index (κ3) is 43.7. The fraction of sp³-hybridized carbons (Fsp3) is 0.877. The van der Waals surface area contributed by atoms with Crippen LogP contribution in [0.5, 0.6) is 0 Å². The molecule has 0 aromatic rings. The van der Waals surface area contributed by atoms with Crippen LogP contribution < -0.4 is 0 Å². The van der Waals surface area contributed by atoms with Gasteiger partial charge >= 0.3 is 23.9 Å². The lowest BCUT2D eigenvalue weighted by Gasteiger charge is -2.40. The van der Waals surface area contributed by atoms with E-state index in [4.69, 9.17) is 23.7 Å². The normalized spacial score (nSPS) is 18.1. The summed E-state index contributed by atoms with van der Waals surface area (Å²) in [6.45, 7) is 6.01. The molecular formula is C65H118O12. The van der Waals surface area contributed by atoms with E-state index < -0.39 is 67.3 Å². The van der Waals surface area contributed by atoms with Crippen molar-refractivity contribution in [3.63, 3.8) is 0 Å². The van der Waals surface area contributed by atoms with E-state index in [0.717, 1.165) is 70.6 Å². The topological polar surface area (TPSA) is 175 Å². The summed E-state index contributed by atoms with van der Waals surface area (Å²) in [7, 11) is 0. The van der Waals surface area contributed by atoms with Gasteiger partial charge in [0.1, 0.15) is 18.8 Å². The quantitative estimate of drug-likeness (QED) is 0.0228. The molecule has 0 bridgehead atoms. The number of hydrogen-bond acceptors (Lipinski definition) is 11. The molecule has 12 nitrogen and oxygen atoms in total. The first-order chi connectivity index (χ1) is 37.6. The lowest BCUT2D eigenvalue weighted by molar-refractivity contribution is -0.301. The maximum Gasteiger partial charge on any atom is 0.335 e. The Morgan fingerprint density at radius 1 is 0.429 bits per heavy atom. The molecule has 1 fully saturated rings. The standard InChI is InChI=1S/C65H118O12/c1-4-7-10-13-16-19-22-25-27-28-29-30-32-34-36-39-42-45-48-51-57(66)73-54-56(75-58(67)52-49-46-43-40-38-35-31-26-23-20-17-14-11-8-5-2)55-74-65-63(61(70)60(69)62(77-65)64(71)72)76-59(68)53-50-47-44-41-37-33-24-21-18-15-12-9-6-3/h16,19,25,27,56,60-63,65,69-70H,4-15,17-18,20-24,26,28-55H2,1-3H3,(H,71,72)/b19-16-,27-25-. The van der Waals surface area contributed by atoms with Crippen molar-refractivity contribution in [1.82, 2.24) is 0 Å². The van der Waals surface area contributed by atoms with E-state index in [-0.39, 0.29) is 25.9 Å². The SMILES string of the molecule is CCCCC/C=C\C/C=C\CCCCCCCCCCCC(=O)OCC(COC1OC(C(=O)O)C(O)C(O)C1OC(=O)CCCCCCCCCCCCCCC)OC(=O)CCCCCCCCCCCCCCCCC. The number of rotatable bonds is 56. The van der Waals surface area contributed by atoms with Crippen LogP contribution in [0.25, 0.3) is 0 Å². The number of allylic oxidation sites excluding steroid dienone is 4. The molecular weight excluding hydrogens is 973 g/mol. The number of aliphatic hydroxyl groups is 2. The van der Waals surface area contributed by atoms with E-state index in [0.29, 0.717) is 19.3 Å². The predicted molar refractivity (Wildman–Crippen MR) is 313 cm³/mol. The highest BCUT2D eigenvalue weighted by atomic mass is 16.7. The second-order valence-electron chi connectivity index (χ2n) is 22.4. The van der Waals surface area contributed by atoms with Crippen LogP contribution in [0, 0.1) is 0 Å². The summed E-state index contributed by atoms with van der Waals surface area (Å²) in [5.74, 6) is -3.08. The minimum absolute atomic E-state index is 0.0674. The largest absolute Gasteiger partial charge is 0.479 e. The highest BCUT2D eigenvalue weighted by molar-refractivity contribution is 5.74. The molecule has 0 aliphatic carbocycles. The molecule has 0 amide bonds.